The fourth-order valence-electron chi connectivity index (χ4n) is 1.75. The van der Waals surface area contributed by atoms with E-state index in [2.05, 4.69) is 12.2 Å². The van der Waals surface area contributed by atoms with Crippen molar-refractivity contribution in [2.75, 3.05) is 13.1 Å². The Morgan fingerprint density at radius 1 is 1.27 bits per heavy atom. The maximum Gasteiger partial charge on any atom is 0.00770 e. The summed E-state index contributed by atoms with van der Waals surface area (Å²) in [6.45, 7) is 4.10. The van der Waals surface area contributed by atoms with Gasteiger partial charge in [-0.2, -0.15) is 0 Å². The van der Waals surface area contributed by atoms with Gasteiger partial charge < -0.3 is 11.1 Å². The molecule has 2 nitrogen and oxygen atoms in total. The smallest absolute Gasteiger partial charge is 0.00770 e. The van der Waals surface area contributed by atoms with Gasteiger partial charge in [-0.1, -0.05) is 6.92 Å². The van der Waals surface area contributed by atoms with E-state index in [9.17, 15) is 0 Å². The number of nitrogens with one attached hydrogen (secondary N) is 1. The fraction of sp³-hybridized carbons (Fsp3) is 1.00. The molecule has 1 aliphatic rings. The summed E-state index contributed by atoms with van der Waals surface area (Å²) in [5.41, 5.74) is 5.41. The lowest BCUT2D eigenvalue weighted by molar-refractivity contribution is 0.310. The van der Waals surface area contributed by atoms with Crippen molar-refractivity contribution < 1.29 is 0 Å². The summed E-state index contributed by atoms with van der Waals surface area (Å²) in [5, 5.41) is 3.47. The molecule has 0 aromatic carbocycles. The fourth-order valence-corrected chi connectivity index (χ4v) is 1.75. The SMILES string of the molecule is C[C@H]1CC[C@H](NCCN)CC1. The molecule has 0 radical (unpaired) electrons. The van der Waals surface area contributed by atoms with Crippen LogP contribution in [-0.2, 0) is 0 Å². The van der Waals surface area contributed by atoms with Crippen molar-refractivity contribution in [2.24, 2.45) is 11.7 Å². The van der Waals surface area contributed by atoms with E-state index in [1.807, 2.05) is 0 Å². The van der Waals surface area contributed by atoms with Gasteiger partial charge in [0.05, 0.1) is 0 Å². The lowest BCUT2D eigenvalue weighted by Gasteiger charge is -2.26. The molecule has 0 aromatic rings. The third-order valence-corrected chi connectivity index (χ3v) is 2.59. The number of rotatable bonds is 3. The lowest BCUT2D eigenvalue weighted by Crippen LogP contribution is -2.35. The molecular weight excluding hydrogens is 136 g/mol. The molecule has 0 amide bonds. The zero-order chi connectivity index (χ0) is 8.10. The molecule has 3 N–H and O–H groups in total. The van der Waals surface area contributed by atoms with E-state index in [0.29, 0.717) is 0 Å². The summed E-state index contributed by atoms with van der Waals surface area (Å²) in [5.74, 6) is 0.950. The highest BCUT2D eigenvalue weighted by Gasteiger charge is 2.16. The van der Waals surface area contributed by atoms with Gasteiger partial charge in [0.2, 0.25) is 0 Å². The Balaban J connectivity index is 2.07. The normalized spacial score (nSPS) is 32.2. The van der Waals surface area contributed by atoms with Gasteiger partial charge in [-0.3, -0.25) is 0 Å². The van der Waals surface area contributed by atoms with Crippen LogP contribution >= 0.6 is 0 Å². The Morgan fingerprint density at radius 2 is 1.91 bits per heavy atom. The Kier molecular flexibility index (Phi) is 3.87. The van der Waals surface area contributed by atoms with Gasteiger partial charge in [-0.05, 0) is 31.6 Å². The van der Waals surface area contributed by atoms with E-state index >= 15 is 0 Å². The second-order valence-electron chi connectivity index (χ2n) is 3.70. The molecule has 1 fully saturated rings. The average molecular weight is 156 g/mol. The second kappa shape index (κ2) is 4.73. The van der Waals surface area contributed by atoms with E-state index in [0.717, 1.165) is 25.0 Å². The van der Waals surface area contributed by atoms with Crippen molar-refractivity contribution >= 4 is 0 Å². The highest BCUT2D eigenvalue weighted by atomic mass is 14.9. The lowest BCUT2D eigenvalue weighted by atomic mass is 9.87. The third-order valence-electron chi connectivity index (χ3n) is 2.59. The summed E-state index contributed by atoms with van der Waals surface area (Å²) < 4.78 is 0. The minimum absolute atomic E-state index is 0.759. The van der Waals surface area contributed by atoms with Crippen LogP contribution in [0.1, 0.15) is 32.6 Å². The molecule has 2 heteroatoms. The molecular formula is C9H20N2. The largest absolute Gasteiger partial charge is 0.329 e. The third kappa shape index (κ3) is 3.21. The Hall–Kier alpha value is -0.0800. The Bertz CT molecular complexity index is 93.0. The van der Waals surface area contributed by atoms with Crippen LogP contribution in [0, 0.1) is 5.92 Å². The molecule has 1 saturated carbocycles. The minimum atomic E-state index is 0.759. The van der Waals surface area contributed by atoms with Crippen LogP contribution in [0.4, 0.5) is 0 Å². The Labute approximate surface area is 69.5 Å². The van der Waals surface area contributed by atoms with Gasteiger partial charge in [-0.25, -0.2) is 0 Å². The number of hydrogen-bond acceptors (Lipinski definition) is 2. The molecule has 0 aromatic heterocycles. The molecule has 0 unspecified atom stereocenters. The summed E-state index contributed by atoms with van der Waals surface area (Å²) >= 11 is 0. The first-order valence-electron chi connectivity index (χ1n) is 4.76. The molecule has 1 aliphatic carbocycles. The van der Waals surface area contributed by atoms with Gasteiger partial charge in [0.15, 0.2) is 0 Å². The van der Waals surface area contributed by atoms with E-state index in [1.54, 1.807) is 0 Å². The average Bonchev–Trinajstić information content (AvgIpc) is 2.04. The maximum absolute atomic E-state index is 5.41. The first kappa shape index (κ1) is 9.01. The van der Waals surface area contributed by atoms with Gasteiger partial charge in [0, 0.05) is 19.1 Å². The van der Waals surface area contributed by atoms with E-state index in [-0.39, 0.29) is 0 Å². The summed E-state index contributed by atoms with van der Waals surface area (Å²) in [4.78, 5) is 0. The molecule has 0 saturated heterocycles. The Morgan fingerprint density at radius 3 is 2.45 bits per heavy atom. The molecule has 1 rings (SSSR count). The van der Waals surface area contributed by atoms with Crippen LogP contribution in [0.2, 0.25) is 0 Å². The van der Waals surface area contributed by atoms with Crippen molar-refractivity contribution in [1.29, 1.82) is 0 Å². The second-order valence-corrected chi connectivity index (χ2v) is 3.70. The summed E-state index contributed by atoms with van der Waals surface area (Å²) in [6.07, 6.45) is 5.48. The standard InChI is InChI=1S/C9H20N2/c1-8-2-4-9(5-3-8)11-7-6-10/h8-9,11H,2-7,10H2,1H3/t8-,9-. The number of nitrogens with two attached hydrogens (primary N) is 1. The van der Waals surface area contributed by atoms with E-state index < -0.39 is 0 Å². The van der Waals surface area contributed by atoms with Crippen molar-refractivity contribution in [3.8, 4) is 0 Å². The van der Waals surface area contributed by atoms with Crippen molar-refractivity contribution in [3.05, 3.63) is 0 Å². The molecule has 0 aliphatic heterocycles. The number of hydrogen-bond donors (Lipinski definition) is 2. The van der Waals surface area contributed by atoms with Crippen LogP contribution in [-0.4, -0.2) is 19.1 Å². The first-order chi connectivity index (χ1) is 5.33. The molecule has 66 valence electrons. The molecule has 0 bridgehead atoms. The van der Waals surface area contributed by atoms with Gasteiger partial charge in [-0.15, -0.1) is 0 Å². The predicted octanol–water partition coefficient (Wildman–Crippen LogP) is 1.11. The highest BCUT2D eigenvalue weighted by Crippen LogP contribution is 2.22. The predicted molar refractivity (Wildman–Crippen MR) is 48.5 cm³/mol. The van der Waals surface area contributed by atoms with Gasteiger partial charge in [0.25, 0.3) is 0 Å². The minimum Gasteiger partial charge on any atom is -0.329 e. The quantitative estimate of drug-likeness (QED) is 0.642. The molecule has 0 atom stereocenters. The maximum atomic E-state index is 5.41. The van der Waals surface area contributed by atoms with E-state index in [4.69, 9.17) is 5.73 Å². The highest BCUT2D eigenvalue weighted by molar-refractivity contribution is 4.74. The summed E-state index contributed by atoms with van der Waals surface area (Å²) in [6, 6.07) is 0.759. The van der Waals surface area contributed by atoms with E-state index in [1.165, 1.54) is 25.7 Å². The topological polar surface area (TPSA) is 38.0 Å². The van der Waals surface area contributed by atoms with Crippen molar-refractivity contribution in [3.63, 3.8) is 0 Å². The monoisotopic (exact) mass is 156 g/mol. The van der Waals surface area contributed by atoms with Crippen LogP contribution in [0.25, 0.3) is 0 Å². The van der Waals surface area contributed by atoms with Crippen LogP contribution in [0.5, 0.6) is 0 Å². The van der Waals surface area contributed by atoms with Gasteiger partial charge >= 0.3 is 0 Å². The zero-order valence-corrected chi connectivity index (χ0v) is 7.47. The molecule has 11 heavy (non-hydrogen) atoms. The molecule has 0 spiro atoms. The zero-order valence-electron chi connectivity index (χ0n) is 7.47. The van der Waals surface area contributed by atoms with Crippen LogP contribution < -0.4 is 11.1 Å². The van der Waals surface area contributed by atoms with Crippen LogP contribution in [0.15, 0.2) is 0 Å². The first-order valence-corrected chi connectivity index (χ1v) is 4.76. The van der Waals surface area contributed by atoms with Gasteiger partial charge in [0.1, 0.15) is 0 Å². The van der Waals surface area contributed by atoms with Crippen molar-refractivity contribution in [1.82, 2.24) is 5.32 Å². The van der Waals surface area contributed by atoms with Crippen molar-refractivity contribution in [2.45, 2.75) is 38.6 Å². The molecule has 0 heterocycles. The summed E-state index contributed by atoms with van der Waals surface area (Å²) in [7, 11) is 0. The van der Waals surface area contributed by atoms with Crippen LogP contribution in [0.3, 0.4) is 0 Å².